The van der Waals surface area contributed by atoms with E-state index in [9.17, 15) is 4.57 Å². The van der Waals surface area contributed by atoms with Crippen molar-refractivity contribution in [2.24, 2.45) is 0 Å². The van der Waals surface area contributed by atoms with E-state index in [-0.39, 0.29) is 13.2 Å². The van der Waals surface area contributed by atoms with Crippen molar-refractivity contribution in [3.63, 3.8) is 0 Å². The summed E-state index contributed by atoms with van der Waals surface area (Å²) in [5.41, 5.74) is 2.90. The quantitative estimate of drug-likeness (QED) is 0.126. The number of aryl methyl sites for hydroxylation is 1. The zero-order valence-electron chi connectivity index (χ0n) is 22.8. The fourth-order valence-corrected chi connectivity index (χ4v) is 4.24. The van der Waals surface area contributed by atoms with Gasteiger partial charge in [-0.1, -0.05) is 36.4 Å². The Bertz CT molecular complexity index is 1730. The van der Waals surface area contributed by atoms with Crippen LogP contribution in [0.2, 0.25) is 0 Å². The molecule has 2 aromatic carbocycles. The monoisotopic (exact) mass is 589 g/mol. The van der Waals surface area contributed by atoms with E-state index in [1.165, 1.54) is 12.2 Å². The third kappa shape index (κ3) is 7.27. The number of rotatable bonds is 12. The number of benzene rings is 2. The molecule has 2 N–H and O–H groups in total. The van der Waals surface area contributed by atoms with Crippen LogP contribution in [0.4, 0.5) is 0 Å². The molecule has 0 fully saturated rings. The first-order valence-corrected chi connectivity index (χ1v) is 14.5. The Labute approximate surface area is 241 Å². The molecule has 0 atom stereocenters. The number of para-hydroxylation sites is 1. The van der Waals surface area contributed by atoms with Crippen LogP contribution < -0.4 is 14.2 Å². The normalized spacial score (nSPS) is 11.9. The van der Waals surface area contributed by atoms with E-state index in [1.807, 2.05) is 49.4 Å². The van der Waals surface area contributed by atoms with Crippen molar-refractivity contribution in [3.8, 4) is 34.7 Å². The Morgan fingerprint density at radius 2 is 1.83 bits per heavy atom. The maximum Gasteiger partial charge on any atom is 0.349 e. The molecule has 12 heteroatoms. The predicted octanol–water partition coefficient (Wildman–Crippen LogP) is 6.30. The van der Waals surface area contributed by atoms with Crippen LogP contribution in [0, 0.1) is 6.92 Å². The van der Waals surface area contributed by atoms with Crippen LogP contribution >= 0.6 is 7.60 Å². The van der Waals surface area contributed by atoms with E-state index in [4.69, 9.17) is 32.8 Å². The molecular weight excluding hydrogens is 561 g/mol. The second-order valence-electron chi connectivity index (χ2n) is 9.02. The van der Waals surface area contributed by atoms with E-state index >= 15 is 0 Å². The van der Waals surface area contributed by atoms with E-state index in [2.05, 4.69) is 10.1 Å². The van der Waals surface area contributed by atoms with Gasteiger partial charge in [0.05, 0.1) is 24.6 Å². The van der Waals surface area contributed by atoms with Crippen LogP contribution in [-0.4, -0.2) is 31.7 Å². The summed E-state index contributed by atoms with van der Waals surface area (Å²) in [5.74, 6) is 3.76. The Kier molecular flexibility index (Phi) is 8.73. The largest absolute Gasteiger partial charge is 0.493 e. The molecule has 0 bridgehead atoms. The number of aromatic nitrogens is 3. The average molecular weight is 590 g/mol. The van der Waals surface area contributed by atoms with Gasteiger partial charge in [-0.05, 0) is 55.0 Å². The molecule has 0 aliphatic heterocycles. The first kappa shape index (κ1) is 28.7. The third-order valence-corrected chi connectivity index (χ3v) is 6.55. The number of ether oxygens (including phenoxy) is 3. The van der Waals surface area contributed by atoms with Gasteiger partial charge in [0.25, 0.3) is 5.89 Å². The number of oxazole rings is 1. The molecule has 0 aliphatic rings. The Balaban J connectivity index is 1.29. The van der Waals surface area contributed by atoms with Crippen molar-refractivity contribution in [2.45, 2.75) is 20.1 Å². The minimum absolute atomic E-state index is 0.172. The minimum atomic E-state index is -4.26. The molecule has 0 saturated carbocycles. The molecule has 0 spiro atoms. The van der Waals surface area contributed by atoms with Crippen molar-refractivity contribution >= 4 is 13.7 Å². The van der Waals surface area contributed by atoms with Gasteiger partial charge in [0.15, 0.2) is 17.3 Å². The molecular formula is C30H28N3O8P. The summed E-state index contributed by atoms with van der Waals surface area (Å²) >= 11 is 0. The topological polar surface area (TPSA) is 142 Å². The molecule has 0 saturated heterocycles. The van der Waals surface area contributed by atoms with Crippen LogP contribution in [0.1, 0.15) is 22.6 Å². The van der Waals surface area contributed by atoms with Gasteiger partial charge in [0.2, 0.25) is 5.88 Å². The van der Waals surface area contributed by atoms with Crippen molar-refractivity contribution in [2.75, 3.05) is 7.11 Å². The Morgan fingerprint density at radius 3 is 2.57 bits per heavy atom. The number of nitrogens with zero attached hydrogens (tertiary/aromatic N) is 3. The van der Waals surface area contributed by atoms with Gasteiger partial charge in [-0.2, -0.15) is 0 Å². The second-order valence-corrected chi connectivity index (χ2v) is 10.5. The second kappa shape index (κ2) is 12.8. The molecule has 42 heavy (non-hydrogen) atoms. The molecule has 11 nitrogen and oxygen atoms in total. The third-order valence-electron chi connectivity index (χ3n) is 5.99. The Morgan fingerprint density at radius 1 is 1.00 bits per heavy atom. The smallest absolute Gasteiger partial charge is 0.349 e. The predicted molar refractivity (Wildman–Crippen MR) is 154 cm³/mol. The average Bonchev–Trinajstić information content (AvgIpc) is 3.74. The molecule has 216 valence electrons. The van der Waals surface area contributed by atoms with Crippen LogP contribution in [-0.2, 0) is 17.8 Å². The highest BCUT2D eigenvalue weighted by atomic mass is 31.2. The van der Waals surface area contributed by atoms with Crippen LogP contribution in [0.5, 0.6) is 17.4 Å². The molecule has 0 aliphatic carbocycles. The van der Waals surface area contributed by atoms with E-state index in [0.29, 0.717) is 46.0 Å². The number of allylic oxidation sites excluding steroid dienone is 2. The highest BCUT2D eigenvalue weighted by molar-refractivity contribution is 7.55. The number of hydrogen-bond acceptors (Lipinski definition) is 8. The molecule has 0 amide bonds. The van der Waals surface area contributed by atoms with Crippen LogP contribution in [0.3, 0.4) is 0 Å². The molecule has 0 radical (unpaired) electrons. The molecule has 3 aromatic heterocycles. The summed E-state index contributed by atoms with van der Waals surface area (Å²) in [5, 5.41) is 4.56. The lowest BCUT2D eigenvalue weighted by molar-refractivity contribution is 0.275. The summed E-state index contributed by atoms with van der Waals surface area (Å²) in [4.78, 5) is 22.6. The van der Waals surface area contributed by atoms with Gasteiger partial charge >= 0.3 is 7.60 Å². The maximum atomic E-state index is 11.1. The fourth-order valence-electron chi connectivity index (χ4n) is 3.92. The van der Waals surface area contributed by atoms with Crippen molar-refractivity contribution in [3.05, 3.63) is 114 Å². The highest BCUT2D eigenvalue weighted by Crippen LogP contribution is 2.36. The van der Waals surface area contributed by atoms with Gasteiger partial charge in [-0.3, -0.25) is 4.57 Å². The molecule has 3 heterocycles. The SMILES string of the molecule is COc1cc(COc2nn(-c3ccccc3)cc2C=CC=CP(=O)(O)O)ccc1OCc1nc(-c2ccco2)oc1C. The maximum absolute atomic E-state index is 11.1. The highest BCUT2D eigenvalue weighted by Gasteiger charge is 2.16. The van der Waals surface area contributed by atoms with Gasteiger partial charge in [0.1, 0.15) is 24.7 Å². The lowest BCUT2D eigenvalue weighted by Gasteiger charge is -2.12. The first-order chi connectivity index (χ1) is 20.3. The summed E-state index contributed by atoms with van der Waals surface area (Å²) in [6, 6.07) is 18.5. The van der Waals surface area contributed by atoms with Crippen molar-refractivity contribution < 1.29 is 37.4 Å². The molecule has 5 aromatic rings. The van der Waals surface area contributed by atoms with E-state index in [0.717, 1.165) is 17.1 Å². The van der Waals surface area contributed by atoms with Crippen LogP contribution in [0.25, 0.3) is 23.4 Å². The summed E-state index contributed by atoms with van der Waals surface area (Å²) in [6.07, 6.45) is 7.79. The van der Waals surface area contributed by atoms with Gasteiger partial charge < -0.3 is 32.8 Å². The summed E-state index contributed by atoms with van der Waals surface area (Å²) in [7, 11) is -2.70. The fraction of sp³-hybridized carbons (Fsp3) is 0.133. The van der Waals surface area contributed by atoms with Crippen molar-refractivity contribution in [1.29, 1.82) is 0 Å². The number of furan rings is 1. The lowest BCUT2D eigenvalue weighted by atomic mass is 10.2. The summed E-state index contributed by atoms with van der Waals surface area (Å²) < 4.78 is 41.4. The minimum Gasteiger partial charge on any atom is -0.493 e. The van der Waals surface area contributed by atoms with Crippen molar-refractivity contribution in [1.82, 2.24) is 14.8 Å². The van der Waals surface area contributed by atoms with Gasteiger partial charge in [-0.25, -0.2) is 9.67 Å². The standard InChI is InChI=1S/C30H28N3O8P/c1-21-25(31-30(41-21)27-12-8-15-38-27)20-39-26-14-13-22(17-28(26)37-2)19-40-29-23(9-6-7-16-42(34,35)36)18-33(32-29)24-10-4-3-5-11-24/h3-18H,19-20H2,1-2H3,(H2,34,35,36). The zero-order valence-corrected chi connectivity index (χ0v) is 23.7. The van der Waals surface area contributed by atoms with Gasteiger partial charge in [0, 0.05) is 12.0 Å². The van der Waals surface area contributed by atoms with E-state index < -0.39 is 7.60 Å². The zero-order chi connectivity index (χ0) is 29.5. The number of hydrogen-bond donors (Lipinski definition) is 2. The lowest BCUT2D eigenvalue weighted by Crippen LogP contribution is -2.02. The molecule has 0 unspecified atom stereocenters. The van der Waals surface area contributed by atoms with Crippen LogP contribution in [0.15, 0.2) is 99.9 Å². The first-order valence-electron chi connectivity index (χ1n) is 12.8. The van der Waals surface area contributed by atoms with E-state index in [1.54, 1.807) is 48.5 Å². The summed E-state index contributed by atoms with van der Waals surface area (Å²) in [6.45, 7) is 2.16. The Hall–Kier alpha value is -4.83. The molecule has 5 rings (SSSR count). The number of methoxy groups -OCH3 is 1. The van der Waals surface area contributed by atoms with Gasteiger partial charge in [-0.15, -0.1) is 5.10 Å².